The second-order valence-electron chi connectivity index (χ2n) is 5.35. The molecule has 0 aliphatic carbocycles. The van der Waals surface area contributed by atoms with Crippen molar-refractivity contribution in [1.82, 2.24) is 4.98 Å². The average Bonchev–Trinajstić information content (AvgIpc) is 2.48. The van der Waals surface area contributed by atoms with Crippen LogP contribution in [0.4, 0.5) is 0 Å². The number of hydrogen-bond donors (Lipinski definition) is 0. The zero-order valence-corrected chi connectivity index (χ0v) is 12.1. The Morgan fingerprint density at radius 3 is 2.50 bits per heavy atom. The van der Waals surface area contributed by atoms with E-state index in [1.165, 1.54) is 5.56 Å². The molecule has 0 amide bonds. The highest BCUT2D eigenvalue weighted by Crippen LogP contribution is 2.30. The van der Waals surface area contributed by atoms with E-state index in [0.717, 1.165) is 6.42 Å². The number of hydrogen-bond acceptors (Lipinski definition) is 3. The van der Waals surface area contributed by atoms with Gasteiger partial charge in [-0.3, -0.25) is 4.98 Å². The van der Waals surface area contributed by atoms with Crippen molar-refractivity contribution < 1.29 is 4.74 Å². The maximum atomic E-state index is 9.02. The van der Waals surface area contributed by atoms with Gasteiger partial charge in [0.2, 0.25) is 0 Å². The first-order valence-corrected chi connectivity index (χ1v) is 6.69. The van der Waals surface area contributed by atoms with Crippen molar-refractivity contribution in [3.8, 4) is 17.6 Å². The third kappa shape index (κ3) is 2.97. The van der Waals surface area contributed by atoms with Gasteiger partial charge in [-0.2, -0.15) is 5.26 Å². The number of nitriles is 1. The van der Waals surface area contributed by atoms with Crippen molar-refractivity contribution in [2.24, 2.45) is 0 Å². The summed E-state index contributed by atoms with van der Waals surface area (Å²) in [6.45, 7) is 6.62. The fraction of sp³-hybridized carbons (Fsp3) is 0.294. The SMILES string of the molecule is CCC(C)(C)c1ccc(Oc2cnccc2C#N)cc1. The van der Waals surface area contributed by atoms with Crippen LogP contribution in [0, 0.1) is 11.3 Å². The third-order valence-electron chi connectivity index (χ3n) is 3.65. The molecule has 3 nitrogen and oxygen atoms in total. The van der Waals surface area contributed by atoms with E-state index in [0.29, 0.717) is 17.1 Å². The van der Waals surface area contributed by atoms with Gasteiger partial charge in [0.1, 0.15) is 11.8 Å². The van der Waals surface area contributed by atoms with Crippen molar-refractivity contribution in [2.45, 2.75) is 32.6 Å². The molecular weight excluding hydrogens is 248 g/mol. The highest BCUT2D eigenvalue weighted by Gasteiger charge is 2.17. The maximum absolute atomic E-state index is 9.02. The van der Waals surface area contributed by atoms with Gasteiger partial charge in [0, 0.05) is 6.20 Å². The quantitative estimate of drug-likeness (QED) is 0.822. The van der Waals surface area contributed by atoms with Gasteiger partial charge in [-0.1, -0.05) is 32.9 Å². The van der Waals surface area contributed by atoms with E-state index in [1.807, 2.05) is 12.1 Å². The fourth-order valence-corrected chi connectivity index (χ4v) is 1.86. The number of pyridine rings is 1. The van der Waals surface area contributed by atoms with E-state index in [4.69, 9.17) is 10.00 Å². The fourth-order valence-electron chi connectivity index (χ4n) is 1.86. The van der Waals surface area contributed by atoms with E-state index in [2.05, 4.69) is 44.0 Å². The smallest absolute Gasteiger partial charge is 0.163 e. The summed E-state index contributed by atoms with van der Waals surface area (Å²) in [5.41, 5.74) is 1.92. The molecule has 0 radical (unpaired) electrons. The second kappa shape index (κ2) is 5.75. The number of aromatic nitrogens is 1. The number of ether oxygens (including phenoxy) is 1. The molecule has 2 aromatic rings. The van der Waals surface area contributed by atoms with Gasteiger partial charge < -0.3 is 4.74 Å². The molecule has 0 aliphatic heterocycles. The molecule has 0 atom stereocenters. The van der Waals surface area contributed by atoms with Gasteiger partial charge in [-0.25, -0.2) is 0 Å². The second-order valence-corrected chi connectivity index (χ2v) is 5.35. The predicted molar refractivity (Wildman–Crippen MR) is 78.8 cm³/mol. The molecule has 0 N–H and O–H groups in total. The minimum absolute atomic E-state index is 0.157. The summed E-state index contributed by atoms with van der Waals surface area (Å²) < 4.78 is 5.72. The van der Waals surface area contributed by atoms with E-state index in [1.54, 1.807) is 18.5 Å². The molecule has 2 rings (SSSR count). The van der Waals surface area contributed by atoms with Gasteiger partial charge >= 0.3 is 0 Å². The van der Waals surface area contributed by atoms with Crippen molar-refractivity contribution in [1.29, 1.82) is 5.26 Å². The molecule has 0 spiro atoms. The van der Waals surface area contributed by atoms with Crippen LogP contribution in [0.1, 0.15) is 38.3 Å². The maximum Gasteiger partial charge on any atom is 0.163 e. The monoisotopic (exact) mass is 266 g/mol. The molecule has 0 fully saturated rings. The van der Waals surface area contributed by atoms with E-state index in [-0.39, 0.29) is 5.41 Å². The zero-order valence-electron chi connectivity index (χ0n) is 12.1. The summed E-state index contributed by atoms with van der Waals surface area (Å²) in [4.78, 5) is 3.98. The first-order valence-electron chi connectivity index (χ1n) is 6.69. The summed E-state index contributed by atoms with van der Waals surface area (Å²) >= 11 is 0. The molecule has 1 heterocycles. The van der Waals surface area contributed by atoms with Crippen molar-refractivity contribution in [3.63, 3.8) is 0 Å². The predicted octanol–water partition coefficient (Wildman–Crippen LogP) is 4.43. The molecule has 0 unspecified atom stereocenters. The van der Waals surface area contributed by atoms with E-state index >= 15 is 0 Å². The number of nitrogens with zero attached hydrogens (tertiary/aromatic N) is 2. The topological polar surface area (TPSA) is 45.9 Å². The zero-order chi connectivity index (χ0) is 14.6. The Hall–Kier alpha value is -2.34. The van der Waals surface area contributed by atoms with Crippen LogP contribution in [0.25, 0.3) is 0 Å². The molecule has 0 saturated carbocycles. The number of benzene rings is 1. The van der Waals surface area contributed by atoms with Crippen LogP contribution >= 0.6 is 0 Å². The van der Waals surface area contributed by atoms with Gasteiger partial charge in [0.25, 0.3) is 0 Å². The van der Waals surface area contributed by atoms with Crippen molar-refractivity contribution >= 4 is 0 Å². The van der Waals surface area contributed by atoms with Gasteiger partial charge in [-0.15, -0.1) is 0 Å². The summed E-state index contributed by atoms with van der Waals surface area (Å²) in [5.74, 6) is 1.20. The third-order valence-corrected chi connectivity index (χ3v) is 3.65. The minimum Gasteiger partial charge on any atom is -0.454 e. The Kier molecular flexibility index (Phi) is 4.05. The van der Waals surface area contributed by atoms with Crippen LogP contribution in [0.2, 0.25) is 0 Å². The van der Waals surface area contributed by atoms with Crippen LogP contribution in [0.3, 0.4) is 0 Å². The van der Waals surface area contributed by atoms with Crippen molar-refractivity contribution in [3.05, 3.63) is 53.9 Å². The summed E-state index contributed by atoms with van der Waals surface area (Å²) in [6.07, 6.45) is 4.22. The Balaban J connectivity index is 2.22. The molecular formula is C17H18N2O. The Labute approximate surface area is 119 Å². The molecule has 0 saturated heterocycles. The minimum atomic E-state index is 0.157. The average molecular weight is 266 g/mol. The van der Waals surface area contributed by atoms with E-state index < -0.39 is 0 Å². The molecule has 102 valence electrons. The molecule has 0 bridgehead atoms. The first-order chi connectivity index (χ1) is 9.56. The summed E-state index contributed by atoms with van der Waals surface area (Å²) in [5, 5.41) is 9.02. The van der Waals surface area contributed by atoms with Gasteiger partial charge in [0.15, 0.2) is 5.75 Å². The largest absolute Gasteiger partial charge is 0.454 e. The molecule has 20 heavy (non-hydrogen) atoms. The first kappa shape index (κ1) is 14.1. The van der Waals surface area contributed by atoms with Gasteiger partial charge in [0.05, 0.1) is 11.8 Å². The lowest BCUT2D eigenvalue weighted by molar-refractivity contribution is 0.474. The lowest BCUT2D eigenvalue weighted by Crippen LogP contribution is -2.14. The van der Waals surface area contributed by atoms with Crippen LogP contribution in [0.5, 0.6) is 11.5 Å². The van der Waals surface area contributed by atoms with Gasteiger partial charge in [-0.05, 0) is 35.6 Å². The highest BCUT2D eigenvalue weighted by atomic mass is 16.5. The lowest BCUT2D eigenvalue weighted by atomic mass is 9.82. The standard InChI is InChI=1S/C17H18N2O/c1-4-17(2,3)14-5-7-15(8-6-14)20-16-12-19-10-9-13(16)11-18/h5-10,12H,4H2,1-3H3. The lowest BCUT2D eigenvalue weighted by Gasteiger charge is -2.23. The van der Waals surface area contributed by atoms with Crippen LogP contribution in [-0.4, -0.2) is 4.98 Å². The summed E-state index contributed by atoms with van der Waals surface area (Å²) in [7, 11) is 0. The van der Waals surface area contributed by atoms with Crippen LogP contribution in [-0.2, 0) is 5.41 Å². The molecule has 1 aromatic carbocycles. The highest BCUT2D eigenvalue weighted by molar-refractivity contribution is 5.43. The molecule has 0 aliphatic rings. The summed E-state index contributed by atoms with van der Waals surface area (Å²) in [6, 6.07) is 11.7. The Bertz CT molecular complexity index is 624. The molecule has 1 aromatic heterocycles. The normalized spacial score (nSPS) is 10.9. The Morgan fingerprint density at radius 1 is 1.20 bits per heavy atom. The number of rotatable bonds is 4. The van der Waals surface area contributed by atoms with Crippen LogP contribution < -0.4 is 4.74 Å². The van der Waals surface area contributed by atoms with Crippen LogP contribution in [0.15, 0.2) is 42.7 Å². The van der Waals surface area contributed by atoms with Crippen molar-refractivity contribution in [2.75, 3.05) is 0 Å². The Morgan fingerprint density at radius 2 is 1.90 bits per heavy atom. The molecule has 3 heteroatoms. The van der Waals surface area contributed by atoms with E-state index in [9.17, 15) is 0 Å².